The first-order chi connectivity index (χ1) is 7.92. The van der Waals surface area contributed by atoms with Crippen LogP contribution in [0, 0.1) is 5.92 Å². The van der Waals surface area contributed by atoms with Gasteiger partial charge >= 0.3 is 0 Å². The van der Waals surface area contributed by atoms with Gasteiger partial charge in [-0.15, -0.1) is 0 Å². The predicted molar refractivity (Wildman–Crippen MR) is 77.3 cm³/mol. The van der Waals surface area contributed by atoms with Gasteiger partial charge in [0.1, 0.15) is 0 Å². The quantitative estimate of drug-likeness (QED) is 0.672. The van der Waals surface area contributed by atoms with E-state index in [9.17, 15) is 0 Å². The fourth-order valence-corrected chi connectivity index (χ4v) is 2.43. The Hall–Kier alpha value is -0.120. The molecule has 0 radical (unpaired) electrons. The Morgan fingerprint density at radius 2 is 1.76 bits per heavy atom. The van der Waals surface area contributed by atoms with Crippen molar-refractivity contribution < 1.29 is 0 Å². The van der Waals surface area contributed by atoms with Gasteiger partial charge < -0.3 is 10.6 Å². The molecule has 0 rings (SSSR count). The van der Waals surface area contributed by atoms with E-state index < -0.39 is 0 Å². The van der Waals surface area contributed by atoms with Gasteiger partial charge in [-0.25, -0.2) is 0 Å². The lowest BCUT2D eigenvalue weighted by Crippen LogP contribution is -2.56. The third-order valence-corrected chi connectivity index (χ3v) is 4.22. The topological polar surface area (TPSA) is 32.5 Å². The van der Waals surface area contributed by atoms with Crippen LogP contribution in [0.1, 0.15) is 40.5 Å². The highest BCUT2D eigenvalue weighted by Gasteiger charge is 2.33. The van der Waals surface area contributed by atoms with Crippen LogP contribution in [0.25, 0.3) is 0 Å². The van der Waals surface area contributed by atoms with Gasteiger partial charge in [0.15, 0.2) is 0 Å². The Labute approximate surface area is 108 Å². The molecule has 0 fully saturated rings. The van der Waals surface area contributed by atoms with Gasteiger partial charge in [-0.1, -0.05) is 27.2 Å². The maximum atomic E-state index is 6.04. The zero-order valence-electron chi connectivity index (χ0n) is 12.8. The Kier molecular flexibility index (Phi) is 8.01. The molecular weight excluding hydrogens is 210 g/mol. The van der Waals surface area contributed by atoms with Crippen LogP contribution in [0.2, 0.25) is 0 Å². The summed E-state index contributed by atoms with van der Waals surface area (Å²) < 4.78 is 0. The second-order valence-corrected chi connectivity index (χ2v) is 5.61. The van der Waals surface area contributed by atoms with Crippen molar-refractivity contribution in [2.75, 3.05) is 40.3 Å². The van der Waals surface area contributed by atoms with E-state index in [-0.39, 0.29) is 5.54 Å². The Bertz CT molecular complexity index is 194. The largest absolute Gasteiger partial charge is 0.329 e. The minimum Gasteiger partial charge on any atom is -0.329 e. The fourth-order valence-electron chi connectivity index (χ4n) is 2.43. The summed E-state index contributed by atoms with van der Waals surface area (Å²) in [5.41, 5.74) is 6.19. The minimum absolute atomic E-state index is 0.149. The molecule has 0 aromatic rings. The zero-order chi connectivity index (χ0) is 13.5. The fraction of sp³-hybridized carbons (Fsp3) is 1.00. The molecule has 17 heavy (non-hydrogen) atoms. The van der Waals surface area contributed by atoms with E-state index in [0.29, 0.717) is 5.92 Å². The molecule has 0 aliphatic rings. The summed E-state index contributed by atoms with van der Waals surface area (Å²) in [5.74, 6) is 0.645. The van der Waals surface area contributed by atoms with Crippen LogP contribution in [0.15, 0.2) is 0 Å². The second kappa shape index (κ2) is 8.06. The summed E-state index contributed by atoms with van der Waals surface area (Å²) >= 11 is 0. The number of nitrogens with two attached hydrogens (primary N) is 1. The number of hydrogen-bond acceptors (Lipinski definition) is 3. The highest BCUT2D eigenvalue weighted by atomic mass is 15.2. The standard InChI is InChI=1S/C14H33N3/c1-7-13(3)14(4,12-15)17(8-2)11-9-10-16(5)6/h13H,7-12,15H2,1-6H3. The molecule has 0 saturated carbocycles. The molecule has 104 valence electrons. The van der Waals surface area contributed by atoms with E-state index in [1.807, 2.05) is 0 Å². The summed E-state index contributed by atoms with van der Waals surface area (Å²) in [6.07, 6.45) is 2.41. The average Bonchev–Trinajstić information content (AvgIpc) is 2.32. The Balaban J connectivity index is 4.47. The molecule has 0 amide bonds. The Morgan fingerprint density at radius 1 is 1.18 bits per heavy atom. The lowest BCUT2D eigenvalue weighted by atomic mass is 9.83. The predicted octanol–water partition coefficient (Wildman–Crippen LogP) is 2.02. The first kappa shape index (κ1) is 16.9. The van der Waals surface area contributed by atoms with Gasteiger partial charge in [0.05, 0.1) is 0 Å². The van der Waals surface area contributed by atoms with Crippen LogP contribution >= 0.6 is 0 Å². The molecule has 2 unspecified atom stereocenters. The van der Waals surface area contributed by atoms with Crippen LogP contribution in [-0.4, -0.2) is 55.6 Å². The highest BCUT2D eigenvalue weighted by Crippen LogP contribution is 2.26. The van der Waals surface area contributed by atoms with Crippen molar-refractivity contribution in [1.29, 1.82) is 0 Å². The zero-order valence-corrected chi connectivity index (χ0v) is 12.8. The lowest BCUT2D eigenvalue weighted by molar-refractivity contribution is 0.0604. The molecule has 0 aromatic heterocycles. The van der Waals surface area contributed by atoms with Gasteiger partial charge in [-0.05, 0) is 53.0 Å². The molecule has 0 aromatic carbocycles. The van der Waals surface area contributed by atoms with Crippen molar-refractivity contribution in [2.45, 2.75) is 46.1 Å². The molecule has 3 heteroatoms. The van der Waals surface area contributed by atoms with Crippen molar-refractivity contribution in [3.8, 4) is 0 Å². The van der Waals surface area contributed by atoms with Crippen molar-refractivity contribution >= 4 is 0 Å². The minimum atomic E-state index is 0.149. The molecule has 0 spiro atoms. The second-order valence-electron chi connectivity index (χ2n) is 5.61. The summed E-state index contributed by atoms with van der Waals surface area (Å²) in [6.45, 7) is 13.3. The van der Waals surface area contributed by atoms with Crippen LogP contribution < -0.4 is 5.73 Å². The molecule has 0 bridgehead atoms. The SMILES string of the molecule is CCC(C)C(C)(CN)N(CC)CCCN(C)C. The summed E-state index contributed by atoms with van der Waals surface area (Å²) in [5, 5.41) is 0. The molecule has 2 N–H and O–H groups in total. The highest BCUT2D eigenvalue weighted by molar-refractivity contribution is 4.91. The van der Waals surface area contributed by atoms with E-state index >= 15 is 0 Å². The first-order valence-corrected chi connectivity index (χ1v) is 7.02. The smallest absolute Gasteiger partial charge is 0.0328 e. The summed E-state index contributed by atoms with van der Waals surface area (Å²) in [7, 11) is 4.26. The number of rotatable bonds is 9. The molecule has 2 atom stereocenters. The van der Waals surface area contributed by atoms with E-state index in [4.69, 9.17) is 5.73 Å². The maximum Gasteiger partial charge on any atom is 0.0328 e. The van der Waals surface area contributed by atoms with Gasteiger partial charge in [0, 0.05) is 12.1 Å². The van der Waals surface area contributed by atoms with Crippen LogP contribution in [0.5, 0.6) is 0 Å². The first-order valence-electron chi connectivity index (χ1n) is 7.02. The molecule has 0 aliphatic heterocycles. The van der Waals surface area contributed by atoms with Crippen LogP contribution in [-0.2, 0) is 0 Å². The third kappa shape index (κ3) is 4.94. The maximum absolute atomic E-state index is 6.04. The monoisotopic (exact) mass is 243 g/mol. The molecule has 3 nitrogen and oxygen atoms in total. The van der Waals surface area contributed by atoms with Crippen molar-refractivity contribution in [3.05, 3.63) is 0 Å². The van der Waals surface area contributed by atoms with E-state index in [1.54, 1.807) is 0 Å². The van der Waals surface area contributed by atoms with Gasteiger partial charge in [0.25, 0.3) is 0 Å². The van der Waals surface area contributed by atoms with E-state index in [0.717, 1.165) is 26.2 Å². The van der Waals surface area contributed by atoms with Gasteiger partial charge in [-0.3, -0.25) is 4.90 Å². The number of likely N-dealkylation sites (N-methyl/N-ethyl adjacent to an activating group) is 1. The van der Waals surface area contributed by atoms with E-state index in [1.165, 1.54) is 12.8 Å². The van der Waals surface area contributed by atoms with Crippen LogP contribution in [0.4, 0.5) is 0 Å². The molecular formula is C14H33N3. The van der Waals surface area contributed by atoms with Gasteiger partial charge in [-0.2, -0.15) is 0 Å². The average molecular weight is 243 g/mol. The lowest BCUT2D eigenvalue weighted by Gasteiger charge is -2.44. The molecule has 0 saturated heterocycles. The third-order valence-electron chi connectivity index (χ3n) is 4.22. The van der Waals surface area contributed by atoms with Crippen molar-refractivity contribution in [2.24, 2.45) is 11.7 Å². The Morgan fingerprint density at radius 3 is 2.12 bits per heavy atom. The van der Waals surface area contributed by atoms with Crippen molar-refractivity contribution in [1.82, 2.24) is 9.80 Å². The number of nitrogens with zero attached hydrogens (tertiary/aromatic N) is 2. The summed E-state index contributed by atoms with van der Waals surface area (Å²) in [4.78, 5) is 4.81. The molecule has 0 aliphatic carbocycles. The van der Waals surface area contributed by atoms with Gasteiger partial charge in [0.2, 0.25) is 0 Å². The van der Waals surface area contributed by atoms with E-state index in [2.05, 4.69) is 51.6 Å². The molecule has 0 heterocycles. The van der Waals surface area contributed by atoms with Crippen molar-refractivity contribution in [3.63, 3.8) is 0 Å². The van der Waals surface area contributed by atoms with Crippen LogP contribution in [0.3, 0.4) is 0 Å². The summed E-state index contributed by atoms with van der Waals surface area (Å²) in [6, 6.07) is 0. The number of hydrogen-bond donors (Lipinski definition) is 1. The normalized spacial score (nSPS) is 17.5.